The average Bonchev–Trinajstić information content (AvgIpc) is 3.67. The van der Waals surface area contributed by atoms with E-state index in [2.05, 4.69) is 234 Å². The molecule has 7 aromatic carbocycles. The van der Waals surface area contributed by atoms with Crippen molar-refractivity contribution in [2.24, 2.45) is 0 Å². The highest BCUT2D eigenvalue weighted by atomic mass is 15.2. The third-order valence-corrected chi connectivity index (χ3v) is 12.4. The Morgan fingerprint density at radius 1 is 0.569 bits per heavy atom. The average molecular weight is 743 g/mol. The molecule has 1 aromatic heterocycles. The molecule has 0 radical (unpaired) electrons. The third-order valence-electron chi connectivity index (χ3n) is 12.4. The van der Waals surface area contributed by atoms with Crippen LogP contribution in [-0.4, -0.2) is 4.57 Å². The molecule has 3 aliphatic rings. The van der Waals surface area contributed by atoms with Crippen molar-refractivity contribution in [3.63, 3.8) is 0 Å². The molecule has 0 amide bonds. The molecule has 58 heavy (non-hydrogen) atoms. The summed E-state index contributed by atoms with van der Waals surface area (Å²) < 4.78 is 2.41. The van der Waals surface area contributed by atoms with E-state index in [1.807, 2.05) is 0 Å². The van der Waals surface area contributed by atoms with Gasteiger partial charge in [-0.2, -0.15) is 0 Å². The molecule has 0 saturated heterocycles. The lowest BCUT2D eigenvalue weighted by Gasteiger charge is -2.36. The van der Waals surface area contributed by atoms with Crippen LogP contribution in [0.1, 0.15) is 57.8 Å². The molecule has 276 valence electrons. The van der Waals surface area contributed by atoms with E-state index >= 15 is 0 Å². The number of benzene rings is 7. The predicted octanol–water partition coefficient (Wildman–Crippen LogP) is 14.1. The number of nitrogens with zero attached hydrogens (tertiary/aromatic N) is 2. The number of hydrogen-bond acceptors (Lipinski definition) is 1. The molecule has 8 aromatic rings. The van der Waals surface area contributed by atoms with Gasteiger partial charge in [0.2, 0.25) is 0 Å². The number of allylic oxidation sites excluding steroid dienone is 5. The summed E-state index contributed by atoms with van der Waals surface area (Å²) in [6.45, 7) is 0. The Kier molecular flexibility index (Phi) is 8.29. The van der Waals surface area contributed by atoms with Crippen molar-refractivity contribution in [1.82, 2.24) is 4.57 Å². The van der Waals surface area contributed by atoms with Gasteiger partial charge in [0.05, 0.1) is 16.6 Å². The molecule has 2 nitrogen and oxygen atoms in total. The fraction of sp³-hybridized carbons (Fsp3) is 0.0714. The van der Waals surface area contributed by atoms with E-state index in [0.717, 1.165) is 29.9 Å². The van der Waals surface area contributed by atoms with Crippen molar-refractivity contribution in [3.8, 4) is 5.69 Å². The number of anilines is 2. The van der Waals surface area contributed by atoms with Crippen LogP contribution in [0.25, 0.3) is 34.3 Å². The van der Waals surface area contributed by atoms with Crippen molar-refractivity contribution >= 4 is 40.0 Å². The number of rotatable bonds is 7. The first-order valence-corrected chi connectivity index (χ1v) is 20.4. The van der Waals surface area contributed by atoms with Crippen LogP contribution in [0.15, 0.2) is 224 Å². The first kappa shape index (κ1) is 34.1. The molecule has 3 aliphatic carbocycles. The molecule has 2 heteroatoms. The van der Waals surface area contributed by atoms with E-state index in [1.165, 1.54) is 66.8 Å². The van der Waals surface area contributed by atoms with Crippen LogP contribution in [0.4, 0.5) is 11.4 Å². The van der Waals surface area contributed by atoms with Gasteiger partial charge < -0.3 is 9.47 Å². The van der Waals surface area contributed by atoms with Crippen molar-refractivity contribution < 1.29 is 0 Å². The highest BCUT2D eigenvalue weighted by Crippen LogP contribution is 2.59. The van der Waals surface area contributed by atoms with E-state index in [4.69, 9.17) is 0 Å². The Bertz CT molecular complexity index is 2870. The van der Waals surface area contributed by atoms with E-state index in [1.54, 1.807) is 0 Å². The topological polar surface area (TPSA) is 8.17 Å². The summed E-state index contributed by atoms with van der Waals surface area (Å²) in [4.78, 5) is 2.44. The maximum atomic E-state index is 2.59. The lowest BCUT2D eigenvalue weighted by molar-refractivity contribution is 0.741. The SMILES string of the molecule is C1=Cc2c(n(-c3ccccc3)c3ccccc23)C=C(N(c2ccccc2)c2ccc(C3C=C4C(=CC3)c3ccccc3C4(c3ccccc3)c3ccccc3)cc2)C1. The Morgan fingerprint density at radius 3 is 1.90 bits per heavy atom. The normalized spacial score (nSPS) is 16.3. The standard InChI is InChI=1S/C56H42N2/c1-5-18-42(19-6-1)56(43-20-7-2-8-21-43)52-30-15-13-27-48(52)49-37-34-41(38-53(49)56)40-32-35-46(36-33-40)57(44-22-9-3-10-23-44)47-26-17-29-51-50-28-14-16-31-54(50)58(55(51)39-47)45-24-11-4-12-25-45/h1-25,27-33,35-39,41H,26,34H2. The lowest BCUT2D eigenvalue weighted by atomic mass is 9.66. The van der Waals surface area contributed by atoms with E-state index in [0.29, 0.717) is 0 Å². The smallest absolute Gasteiger partial charge is 0.0710 e. The Hall–Kier alpha value is -7.16. The molecule has 1 atom stereocenters. The summed E-state index contributed by atoms with van der Waals surface area (Å²) in [6, 6.07) is 71.0. The number of aromatic nitrogens is 1. The zero-order valence-corrected chi connectivity index (χ0v) is 32.2. The fourth-order valence-electron chi connectivity index (χ4n) is 9.94. The van der Waals surface area contributed by atoms with Gasteiger partial charge >= 0.3 is 0 Å². The molecule has 0 N–H and O–H groups in total. The molecular weight excluding hydrogens is 701 g/mol. The molecule has 0 saturated carbocycles. The van der Waals surface area contributed by atoms with Gasteiger partial charge in [-0.05, 0) is 93.9 Å². The van der Waals surface area contributed by atoms with Crippen LogP contribution in [0.5, 0.6) is 0 Å². The highest BCUT2D eigenvalue weighted by molar-refractivity contribution is 5.97. The first-order chi connectivity index (χ1) is 28.8. The van der Waals surface area contributed by atoms with E-state index in [-0.39, 0.29) is 5.92 Å². The number of hydrogen-bond donors (Lipinski definition) is 0. The molecule has 0 spiro atoms. The lowest BCUT2D eigenvalue weighted by Crippen LogP contribution is -2.29. The van der Waals surface area contributed by atoms with Gasteiger partial charge in [0.15, 0.2) is 0 Å². The van der Waals surface area contributed by atoms with Gasteiger partial charge in [-0.1, -0.05) is 176 Å². The van der Waals surface area contributed by atoms with Crippen molar-refractivity contribution in [2.45, 2.75) is 24.2 Å². The van der Waals surface area contributed by atoms with Crippen molar-refractivity contribution in [2.75, 3.05) is 4.90 Å². The quantitative estimate of drug-likeness (QED) is 0.158. The second-order valence-electron chi connectivity index (χ2n) is 15.6. The van der Waals surface area contributed by atoms with Crippen LogP contribution in [0, 0.1) is 0 Å². The largest absolute Gasteiger partial charge is 0.314 e. The number of para-hydroxylation sites is 3. The zero-order valence-electron chi connectivity index (χ0n) is 32.2. The summed E-state index contributed by atoms with van der Waals surface area (Å²) in [7, 11) is 0. The molecule has 1 heterocycles. The van der Waals surface area contributed by atoms with Gasteiger partial charge in [0.25, 0.3) is 0 Å². The Labute approximate surface area is 340 Å². The third kappa shape index (κ3) is 5.40. The molecule has 0 bridgehead atoms. The van der Waals surface area contributed by atoms with Crippen LogP contribution in [-0.2, 0) is 5.41 Å². The van der Waals surface area contributed by atoms with Crippen LogP contribution >= 0.6 is 0 Å². The van der Waals surface area contributed by atoms with E-state index < -0.39 is 5.41 Å². The zero-order chi connectivity index (χ0) is 38.5. The first-order valence-electron chi connectivity index (χ1n) is 20.4. The van der Waals surface area contributed by atoms with Gasteiger partial charge in [0.1, 0.15) is 0 Å². The summed E-state index contributed by atoms with van der Waals surface area (Å²) in [6.07, 6.45) is 13.9. The summed E-state index contributed by atoms with van der Waals surface area (Å²) >= 11 is 0. The summed E-state index contributed by atoms with van der Waals surface area (Å²) in [5.74, 6) is 0.239. The van der Waals surface area contributed by atoms with Gasteiger partial charge in [-0.3, -0.25) is 0 Å². The van der Waals surface area contributed by atoms with Gasteiger partial charge in [0, 0.05) is 46.0 Å². The minimum absolute atomic E-state index is 0.239. The van der Waals surface area contributed by atoms with Crippen LogP contribution < -0.4 is 4.90 Å². The minimum Gasteiger partial charge on any atom is -0.314 e. The minimum atomic E-state index is -0.395. The molecule has 1 unspecified atom stereocenters. The van der Waals surface area contributed by atoms with Crippen molar-refractivity contribution in [1.29, 1.82) is 0 Å². The second kappa shape index (κ2) is 14.1. The van der Waals surface area contributed by atoms with Gasteiger partial charge in [-0.25, -0.2) is 0 Å². The van der Waals surface area contributed by atoms with Gasteiger partial charge in [-0.15, -0.1) is 0 Å². The second-order valence-corrected chi connectivity index (χ2v) is 15.6. The maximum absolute atomic E-state index is 2.59. The molecule has 0 fully saturated rings. The monoisotopic (exact) mass is 742 g/mol. The van der Waals surface area contributed by atoms with Crippen molar-refractivity contribution in [3.05, 3.63) is 263 Å². The molecule has 11 rings (SSSR count). The Morgan fingerprint density at radius 2 is 1.17 bits per heavy atom. The van der Waals surface area contributed by atoms with Crippen LogP contribution in [0.3, 0.4) is 0 Å². The molecular formula is C56H42N2. The summed E-state index contributed by atoms with van der Waals surface area (Å²) in [5, 5.41) is 1.26. The molecule has 0 aliphatic heterocycles. The summed E-state index contributed by atoms with van der Waals surface area (Å²) in [5.41, 5.74) is 17.3. The van der Waals surface area contributed by atoms with E-state index in [9.17, 15) is 0 Å². The Balaban J connectivity index is 1.02. The fourth-order valence-corrected chi connectivity index (χ4v) is 9.94. The highest BCUT2D eigenvalue weighted by Gasteiger charge is 2.49. The number of fused-ring (bicyclic) bond motifs is 6. The predicted molar refractivity (Wildman–Crippen MR) is 243 cm³/mol. The van der Waals surface area contributed by atoms with Crippen LogP contribution in [0.2, 0.25) is 0 Å². The maximum Gasteiger partial charge on any atom is 0.0710 e.